The number of carbonyl (C=O) groups excluding carboxylic acids is 1. The van der Waals surface area contributed by atoms with Crippen LogP contribution in [0.2, 0.25) is 0 Å². The van der Waals surface area contributed by atoms with Crippen molar-refractivity contribution in [1.29, 1.82) is 0 Å². The lowest BCUT2D eigenvalue weighted by Crippen LogP contribution is -2.53. The maximum absolute atomic E-state index is 13.2. The Balaban J connectivity index is 1.70. The van der Waals surface area contributed by atoms with Crippen molar-refractivity contribution in [2.75, 3.05) is 13.1 Å². The van der Waals surface area contributed by atoms with E-state index in [1.165, 1.54) is 12.8 Å². The van der Waals surface area contributed by atoms with Gasteiger partial charge in [0.05, 0.1) is 5.92 Å². The second kappa shape index (κ2) is 6.15. The molecule has 0 radical (unpaired) electrons. The minimum absolute atomic E-state index is 0.0484. The van der Waals surface area contributed by atoms with E-state index in [-0.39, 0.29) is 5.78 Å². The second-order valence-electron chi connectivity index (χ2n) is 7.05. The van der Waals surface area contributed by atoms with E-state index in [0.29, 0.717) is 24.6 Å². The molecule has 3 nitrogen and oxygen atoms in total. The monoisotopic (exact) mass is 321 g/mol. The van der Waals surface area contributed by atoms with Crippen molar-refractivity contribution in [2.45, 2.75) is 30.9 Å². The van der Waals surface area contributed by atoms with E-state index in [0.717, 1.165) is 12.1 Å². The van der Waals surface area contributed by atoms with Crippen LogP contribution in [0.3, 0.4) is 0 Å². The number of aliphatic hydroxyl groups is 1. The lowest BCUT2D eigenvalue weighted by Gasteiger charge is -2.44. The van der Waals surface area contributed by atoms with Gasteiger partial charge < -0.3 is 5.11 Å². The van der Waals surface area contributed by atoms with Gasteiger partial charge in [-0.2, -0.15) is 0 Å². The predicted octanol–water partition coefficient (Wildman–Crippen LogP) is 3.24. The first-order valence-corrected chi connectivity index (χ1v) is 8.80. The van der Waals surface area contributed by atoms with Gasteiger partial charge in [-0.25, -0.2) is 0 Å². The number of nitrogens with zero attached hydrogens (tertiary/aromatic N) is 1. The first-order valence-electron chi connectivity index (χ1n) is 8.80. The smallest absolute Gasteiger partial charge is 0.170 e. The number of benzene rings is 2. The molecular weight excluding hydrogens is 298 g/mol. The Kier molecular flexibility index (Phi) is 3.99. The molecule has 2 fully saturated rings. The van der Waals surface area contributed by atoms with E-state index in [2.05, 4.69) is 4.90 Å². The highest BCUT2D eigenvalue weighted by atomic mass is 16.3. The van der Waals surface area contributed by atoms with Crippen molar-refractivity contribution in [1.82, 2.24) is 4.90 Å². The van der Waals surface area contributed by atoms with E-state index >= 15 is 0 Å². The maximum atomic E-state index is 13.2. The Morgan fingerprint density at radius 1 is 1.00 bits per heavy atom. The molecule has 24 heavy (non-hydrogen) atoms. The number of hydrogen-bond donors (Lipinski definition) is 1. The third-order valence-electron chi connectivity index (χ3n) is 5.49. The average Bonchev–Trinajstić information content (AvgIpc) is 3.48. The molecule has 1 N–H and O–H groups in total. The first kappa shape index (κ1) is 15.6. The largest absolute Gasteiger partial charge is 0.384 e. The van der Waals surface area contributed by atoms with Gasteiger partial charge in [0.15, 0.2) is 5.78 Å². The van der Waals surface area contributed by atoms with Gasteiger partial charge >= 0.3 is 0 Å². The average molecular weight is 321 g/mol. The van der Waals surface area contributed by atoms with E-state index in [4.69, 9.17) is 0 Å². The Morgan fingerprint density at radius 3 is 2.25 bits per heavy atom. The zero-order valence-corrected chi connectivity index (χ0v) is 13.8. The van der Waals surface area contributed by atoms with Gasteiger partial charge in [0.2, 0.25) is 0 Å². The van der Waals surface area contributed by atoms with Gasteiger partial charge in [-0.1, -0.05) is 60.7 Å². The lowest BCUT2D eigenvalue weighted by molar-refractivity contribution is -0.0658. The highest BCUT2D eigenvalue weighted by molar-refractivity contribution is 5.99. The minimum atomic E-state index is -1.08. The highest BCUT2D eigenvalue weighted by Crippen LogP contribution is 2.42. The molecule has 1 saturated heterocycles. The van der Waals surface area contributed by atoms with Gasteiger partial charge in [-0.15, -0.1) is 0 Å². The van der Waals surface area contributed by atoms with Crippen LogP contribution >= 0.6 is 0 Å². The van der Waals surface area contributed by atoms with Crippen LogP contribution in [0.5, 0.6) is 0 Å². The number of Topliss-reactive ketones (excluding diaryl/α,β-unsaturated/α-hetero) is 1. The highest BCUT2D eigenvalue weighted by Gasteiger charge is 2.48. The first-order chi connectivity index (χ1) is 11.7. The lowest BCUT2D eigenvalue weighted by atomic mass is 9.72. The number of hydrogen-bond acceptors (Lipinski definition) is 3. The van der Waals surface area contributed by atoms with Crippen molar-refractivity contribution in [2.24, 2.45) is 5.92 Å². The van der Waals surface area contributed by atoms with Crippen LogP contribution < -0.4 is 0 Å². The van der Waals surface area contributed by atoms with Crippen LogP contribution in [-0.2, 0) is 5.60 Å². The summed E-state index contributed by atoms with van der Waals surface area (Å²) >= 11 is 0. The molecule has 124 valence electrons. The third-order valence-corrected chi connectivity index (χ3v) is 5.49. The molecule has 0 amide bonds. The summed E-state index contributed by atoms with van der Waals surface area (Å²) in [6, 6.07) is 19.7. The number of piperidine rings is 1. The molecule has 1 aliphatic heterocycles. The van der Waals surface area contributed by atoms with Crippen LogP contribution in [0, 0.1) is 5.92 Å². The summed E-state index contributed by atoms with van der Waals surface area (Å²) in [6.45, 7) is 1.50. The minimum Gasteiger partial charge on any atom is -0.384 e. The normalized spacial score (nSPS) is 27.8. The summed E-state index contributed by atoms with van der Waals surface area (Å²) < 4.78 is 0. The van der Waals surface area contributed by atoms with Crippen LogP contribution in [0.4, 0.5) is 0 Å². The molecule has 0 spiro atoms. The molecule has 3 heteroatoms. The zero-order valence-electron chi connectivity index (χ0n) is 13.8. The summed E-state index contributed by atoms with van der Waals surface area (Å²) in [5.74, 6) is -0.371. The molecule has 1 aliphatic carbocycles. The van der Waals surface area contributed by atoms with E-state index < -0.39 is 11.5 Å². The fourth-order valence-electron chi connectivity index (χ4n) is 3.91. The quantitative estimate of drug-likeness (QED) is 0.879. The standard InChI is InChI=1S/C21H23NO2/c23-20(16-7-3-1-4-8-16)19-15-22(18-11-12-18)14-13-21(19,24)17-9-5-2-6-10-17/h1-10,18-19,24H,11-15H2/t19-,21-/m1/s1. The second-order valence-corrected chi connectivity index (χ2v) is 7.05. The van der Waals surface area contributed by atoms with Gasteiger partial charge in [0.1, 0.15) is 5.60 Å². The van der Waals surface area contributed by atoms with E-state index in [1.54, 1.807) is 0 Å². The molecule has 0 bridgehead atoms. The Hall–Kier alpha value is -1.97. The van der Waals surface area contributed by atoms with E-state index in [1.807, 2.05) is 60.7 Å². The molecule has 0 aromatic heterocycles. The third kappa shape index (κ3) is 2.79. The topological polar surface area (TPSA) is 40.5 Å². The number of ketones is 1. The molecule has 1 saturated carbocycles. The fourth-order valence-corrected chi connectivity index (χ4v) is 3.91. The van der Waals surface area contributed by atoms with Gasteiger partial charge in [-0.3, -0.25) is 9.69 Å². The van der Waals surface area contributed by atoms with Gasteiger partial charge in [0, 0.05) is 24.7 Å². The summed E-state index contributed by atoms with van der Waals surface area (Å²) in [5.41, 5.74) is 0.462. The van der Waals surface area contributed by atoms with Crippen LogP contribution in [-0.4, -0.2) is 34.9 Å². The van der Waals surface area contributed by atoms with Crippen LogP contribution in [0.15, 0.2) is 60.7 Å². The van der Waals surface area contributed by atoms with Gasteiger partial charge in [-0.05, 0) is 24.8 Å². The van der Waals surface area contributed by atoms with Crippen molar-refractivity contribution >= 4 is 5.78 Å². The summed E-state index contributed by atoms with van der Waals surface area (Å²) in [7, 11) is 0. The molecule has 0 unspecified atom stereocenters. The Labute approximate surface area is 142 Å². The number of rotatable bonds is 4. The van der Waals surface area contributed by atoms with Crippen molar-refractivity contribution < 1.29 is 9.90 Å². The van der Waals surface area contributed by atoms with Crippen LogP contribution in [0.1, 0.15) is 35.2 Å². The Morgan fingerprint density at radius 2 is 1.62 bits per heavy atom. The molecule has 2 aromatic carbocycles. The summed E-state index contributed by atoms with van der Waals surface area (Å²) in [4.78, 5) is 15.6. The fraction of sp³-hybridized carbons (Fsp3) is 0.381. The molecule has 2 aliphatic rings. The Bertz CT molecular complexity index is 711. The number of likely N-dealkylation sites (tertiary alicyclic amines) is 1. The van der Waals surface area contributed by atoms with Crippen LogP contribution in [0.25, 0.3) is 0 Å². The molecule has 4 rings (SSSR count). The van der Waals surface area contributed by atoms with Gasteiger partial charge in [0.25, 0.3) is 0 Å². The predicted molar refractivity (Wildman–Crippen MR) is 93.8 cm³/mol. The van der Waals surface area contributed by atoms with Crippen molar-refractivity contribution in [3.8, 4) is 0 Å². The van der Waals surface area contributed by atoms with Crippen molar-refractivity contribution in [3.05, 3.63) is 71.8 Å². The number of carbonyl (C=O) groups is 1. The maximum Gasteiger partial charge on any atom is 0.170 e. The molecule has 1 heterocycles. The molecule has 2 aromatic rings. The molecule has 2 atom stereocenters. The summed E-state index contributed by atoms with van der Waals surface area (Å²) in [6.07, 6.45) is 3.04. The molecular formula is C21H23NO2. The van der Waals surface area contributed by atoms with Crippen molar-refractivity contribution in [3.63, 3.8) is 0 Å². The summed E-state index contributed by atoms with van der Waals surface area (Å²) in [5, 5.41) is 11.5. The van der Waals surface area contributed by atoms with E-state index in [9.17, 15) is 9.90 Å². The zero-order chi connectivity index (χ0) is 16.6. The SMILES string of the molecule is O=C(c1ccccc1)[C@H]1CN(C2CC2)CC[C@@]1(O)c1ccccc1.